The molecule has 1 heteroatoms. The second kappa shape index (κ2) is 2.29. The first-order chi connectivity index (χ1) is 7.51. The van der Waals surface area contributed by atoms with E-state index in [9.17, 15) is 5.11 Å². The lowest BCUT2D eigenvalue weighted by Gasteiger charge is -2.41. The van der Waals surface area contributed by atoms with Crippen molar-refractivity contribution in [3.63, 3.8) is 0 Å². The van der Waals surface area contributed by atoms with Crippen LogP contribution in [0.4, 0.5) is 0 Å². The second-order valence-corrected chi connectivity index (χ2v) is 7.41. The lowest BCUT2D eigenvalue weighted by Crippen LogP contribution is -2.38. The maximum absolute atomic E-state index is 9.72. The van der Waals surface area contributed by atoms with Crippen LogP contribution in [-0.2, 0) is 0 Å². The zero-order chi connectivity index (χ0) is 11.3. The SMILES string of the molecule is CC1(C)[C@H]2[C@H]3C=C[C@@]4([C@H](CO)CC[C@@H]14)[C@@]32C. The highest BCUT2D eigenvalue weighted by atomic mass is 16.3. The van der Waals surface area contributed by atoms with Crippen molar-refractivity contribution in [1.29, 1.82) is 0 Å². The minimum atomic E-state index is 0.362. The fraction of sp³-hybridized carbons (Fsp3) is 0.867. The van der Waals surface area contributed by atoms with Crippen LogP contribution in [0, 0.1) is 39.9 Å². The Morgan fingerprint density at radius 2 is 2.00 bits per heavy atom. The van der Waals surface area contributed by atoms with Crippen LogP contribution in [0.15, 0.2) is 12.2 Å². The number of aliphatic hydroxyl groups excluding tert-OH is 1. The van der Waals surface area contributed by atoms with Crippen molar-refractivity contribution >= 4 is 0 Å². The van der Waals surface area contributed by atoms with E-state index in [0.717, 1.165) is 17.8 Å². The second-order valence-electron chi connectivity index (χ2n) is 7.41. The van der Waals surface area contributed by atoms with Crippen molar-refractivity contribution in [2.24, 2.45) is 39.9 Å². The van der Waals surface area contributed by atoms with Gasteiger partial charge < -0.3 is 5.11 Å². The molecule has 1 nitrogen and oxygen atoms in total. The van der Waals surface area contributed by atoms with E-state index >= 15 is 0 Å². The molecule has 1 spiro atoms. The zero-order valence-corrected chi connectivity index (χ0v) is 10.5. The van der Waals surface area contributed by atoms with Crippen molar-refractivity contribution in [2.75, 3.05) is 6.61 Å². The molecule has 0 saturated heterocycles. The van der Waals surface area contributed by atoms with E-state index in [-0.39, 0.29) is 0 Å². The monoisotopic (exact) mass is 218 g/mol. The molecule has 0 aromatic carbocycles. The summed E-state index contributed by atoms with van der Waals surface area (Å²) >= 11 is 0. The quantitative estimate of drug-likeness (QED) is 0.671. The van der Waals surface area contributed by atoms with Gasteiger partial charge in [-0.1, -0.05) is 32.9 Å². The summed E-state index contributed by atoms with van der Waals surface area (Å²) in [7, 11) is 0. The zero-order valence-electron chi connectivity index (χ0n) is 10.5. The highest BCUT2D eigenvalue weighted by Crippen LogP contribution is 2.90. The normalized spacial score (nSPS) is 63.5. The largest absolute Gasteiger partial charge is 0.396 e. The number of hydrogen-bond donors (Lipinski definition) is 1. The number of aliphatic hydroxyl groups is 1. The highest BCUT2D eigenvalue weighted by Gasteiger charge is 2.86. The van der Waals surface area contributed by atoms with Gasteiger partial charge in [0.25, 0.3) is 0 Å². The van der Waals surface area contributed by atoms with Crippen LogP contribution < -0.4 is 0 Å². The molecule has 0 radical (unpaired) electrons. The fourth-order valence-corrected chi connectivity index (χ4v) is 6.74. The maximum atomic E-state index is 9.72. The van der Waals surface area contributed by atoms with E-state index in [0.29, 0.717) is 28.8 Å². The average Bonchev–Trinajstić information content (AvgIpc) is 2.52. The topological polar surface area (TPSA) is 20.2 Å². The van der Waals surface area contributed by atoms with Crippen molar-refractivity contribution < 1.29 is 5.11 Å². The van der Waals surface area contributed by atoms with Gasteiger partial charge in [-0.3, -0.25) is 0 Å². The third-order valence-electron chi connectivity index (χ3n) is 7.08. The minimum Gasteiger partial charge on any atom is -0.396 e. The molecule has 0 unspecified atom stereocenters. The molecule has 4 aliphatic rings. The van der Waals surface area contributed by atoms with Crippen LogP contribution in [-0.4, -0.2) is 11.7 Å². The molecule has 0 bridgehead atoms. The van der Waals surface area contributed by atoms with Gasteiger partial charge in [0.1, 0.15) is 0 Å². The Hall–Kier alpha value is -0.300. The lowest BCUT2D eigenvalue weighted by molar-refractivity contribution is 0.0601. The van der Waals surface area contributed by atoms with Crippen LogP contribution in [0.5, 0.6) is 0 Å². The first kappa shape index (κ1) is 9.70. The van der Waals surface area contributed by atoms with Crippen LogP contribution >= 0.6 is 0 Å². The van der Waals surface area contributed by atoms with Gasteiger partial charge in [-0.05, 0) is 47.3 Å². The van der Waals surface area contributed by atoms with Crippen LogP contribution in [0.2, 0.25) is 0 Å². The Morgan fingerprint density at radius 3 is 2.69 bits per heavy atom. The van der Waals surface area contributed by atoms with Gasteiger partial charge in [-0.2, -0.15) is 0 Å². The fourth-order valence-electron chi connectivity index (χ4n) is 6.74. The van der Waals surface area contributed by atoms with Gasteiger partial charge in [-0.15, -0.1) is 0 Å². The molecular weight excluding hydrogens is 196 g/mol. The van der Waals surface area contributed by atoms with Crippen molar-refractivity contribution in [1.82, 2.24) is 0 Å². The molecule has 0 amide bonds. The van der Waals surface area contributed by atoms with E-state index < -0.39 is 0 Å². The van der Waals surface area contributed by atoms with Gasteiger partial charge in [-0.25, -0.2) is 0 Å². The van der Waals surface area contributed by atoms with Gasteiger partial charge in [0, 0.05) is 12.0 Å². The summed E-state index contributed by atoms with van der Waals surface area (Å²) in [4.78, 5) is 0. The summed E-state index contributed by atoms with van der Waals surface area (Å²) in [6, 6.07) is 0. The van der Waals surface area contributed by atoms with Crippen LogP contribution in [0.1, 0.15) is 33.6 Å². The Kier molecular flexibility index (Phi) is 1.39. The van der Waals surface area contributed by atoms with Gasteiger partial charge in [0.2, 0.25) is 0 Å². The molecule has 88 valence electrons. The molecule has 4 rings (SSSR count). The number of fused-ring (bicyclic) bond motifs is 1. The molecule has 3 fully saturated rings. The third kappa shape index (κ3) is 0.620. The van der Waals surface area contributed by atoms with Crippen LogP contribution in [0.3, 0.4) is 0 Å². The number of rotatable bonds is 1. The molecule has 1 N–H and O–H groups in total. The third-order valence-corrected chi connectivity index (χ3v) is 7.08. The van der Waals surface area contributed by atoms with E-state index in [4.69, 9.17) is 0 Å². The van der Waals surface area contributed by atoms with Crippen molar-refractivity contribution in [3.05, 3.63) is 12.2 Å². The minimum absolute atomic E-state index is 0.362. The molecule has 0 aromatic heterocycles. The summed E-state index contributed by atoms with van der Waals surface area (Å²) < 4.78 is 0. The smallest absolute Gasteiger partial charge is 0.0467 e. The molecule has 3 saturated carbocycles. The molecular formula is C15H22O. The summed E-state index contributed by atoms with van der Waals surface area (Å²) in [6.45, 7) is 7.86. The standard InChI is InChI=1S/C15H22O/c1-13(2)11-5-4-9(8-16)15(11)7-6-10-12(13)14(10,15)3/h6-7,9-12,16H,4-5,8H2,1-3H3/t9-,10+,11-,12+,14-,15-/m0/s1. The average molecular weight is 218 g/mol. The molecule has 0 aromatic rings. The summed E-state index contributed by atoms with van der Waals surface area (Å²) in [5, 5.41) is 9.72. The van der Waals surface area contributed by atoms with E-state index in [1.807, 2.05) is 0 Å². The number of hydrogen-bond acceptors (Lipinski definition) is 1. The predicted molar refractivity (Wildman–Crippen MR) is 63.7 cm³/mol. The Bertz CT molecular complexity index is 396. The van der Waals surface area contributed by atoms with Gasteiger partial charge in [0.15, 0.2) is 0 Å². The van der Waals surface area contributed by atoms with E-state index in [2.05, 4.69) is 32.9 Å². The first-order valence-electron chi connectivity index (χ1n) is 6.81. The lowest BCUT2D eigenvalue weighted by atomic mass is 9.63. The maximum Gasteiger partial charge on any atom is 0.0467 e. The molecule has 16 heavy (non-hydrogen) atoms. The number of allylic oxidation sites excluding steroid dienone is 2. The summed E-state index contributed by atoms with van der Waals surface area (Å²) in [6.07, 6.45) is 7.58. The summed E-state index contributed by atoms with van der Waals surface area (Å²) in [5.41, 5.74) is 1.36. The predicted octanol–water partition coefficient (Wildman–Crippen LogP) is 2.85. The van der Waals surface area contributed by atoms with Gasteiger partial charge in [0.05, 0.1) is 0 Å². The molecule has 6 atom stereocenters. The summed E-state index contributed by atoms with van der Waals surface area (Å²) in [5.74, 6) is 3.08. The first-order valence-corrected chi connectivity index (χ1v) is 6.81. The highest BCUT2D eigenvalue weighted by molar-refractivity contribution is 5.44. The molecule has 0 heterocycles. The Balaban J connectivity index is 1.93. The Morgan fingerprint density at radius 1 is 1.25 bits per heavy atom. The van der Waals surface area contributed by atoms with Crippen LogP contribution in [0.25, 0.3) is 0 Å². The Labute approximate surface area is 97.9 Å². The molecule has 4 aliphatic carbocycles. The van der Waals surface area contributed by atoms with Crippen molar-refractivity contribution in [3.8, 4) is 0 Å². The van der Waals surface area contributed by atoms with Crippen molar-refractivity contribution in [2.45, 2.75) is 33.6 Å². The van der Waals surface area contributed by atoms with Gasteiger partial charge >= 0.3 is 0 Å². The van der Waals surface area contributed by atoms with E-state index in [1.54, 1.807) is 0 Å². The van der Waals surface area contributed by atoms with E-state index in [1.165, 1.54) is 12.8 Å². The molecule has 0 aliphatic heterocycles.